The van der Waals surface area contributed by atoms with Gasteiger partial charge in [-0.25, -0.2) is 18.1 Å². The molecule has 0 saturated carbocycles. The van der Waals surface area contributed by atoms with Crippen molar-refractivity contribution in [1.29, 1.82) is 0 Å². The summed E-state index contributed by atoms with van der Waals surface area (Å²) >= 11 is 0. The number of halogens is 3. The second-order valence-corrected chi connectivity index (χ2v) is 7.79. The number of aryl methyl sites for hydroxylation is 1. The van der Waals surface area contributed by atoms with Crippen LogP contribution in [0.3, 0.4) is 0 Å². The Morgan fingerprint density at radius 3 is 2.66 bits per heavy atom. The van der Waals surface area contributed by atoms with Crippen molar-refractivity contribution in [3.8, 4) is 5.82 Å². The zero-order chi connectivity index (χ0) is 20.8. The van der Waals surface area contributed by atoms with E-state index in [0.29, 0.717) is 10.9 Å². The number of hydrogen-bond acceptors (Lipinski definition) is 5. The summed E-state index contributed by atoms with van der Waals surface area (Å²) in [4.78, 5) is 3.86. The van der Waals surface area contributed by atoms with Crippen molar-refractivity contribution in [3.63, 3.8) is 0 Å². The maximum atomic E-state index is 12.9. The summed E-state index contributed by atoms with van der Waals surface area (Å²) in [6.07, 6.45) is 0.446. The van der Waals surface area contributed by atoms with E-state index in [1.807, 2.05) is 0 Å². The number of benzene rings is 1. The average Bonchev–Trinajstić information content (AvgIpc) is 3.28. The van der Waals surface area contributed by atoms with E-state index in [1.165, 1.54) is 23.1 Å². The van der Waals surface area contributed by atoms with E-state index in [4.69, 9.17) is 0 Å². The highest BCUT2D eigenvalue weighted by atomic mass is 32.2. The predicted molar refractivity (Wildman–Crippen MR) is 97.9 cm³/mol. The third-order valence-electron chi connectivity index (χ3n) is 4.16. The Morgan fingerprint density at radius 2 is 1.90 bits per heavy atom. The van der Waals surface area contributed by atoms with Crippen molar-refractivity contribution in [1.82, 2.24) is 24.5 Å². The van der Waals surface area contributed by atoms with E-state index in [9.17, 15) is 21.6 Å². The maximum Gasteiger partial charge on any atom is 0.416 e. The molecule has 0 aliphatic rings. The van der Waals surface area contributed by atoms with E-state index in [0.717, 1.165) is 23.0 Å². The number of pyridine rings is 1. The van der Waals surface area contributed by atoms with Gasteiger partial charge in [-0.05, 0) is 18.2 Å². The molecule has 0 saturated heterocycles. The molecule has 0 aliphatic heterocycles. The second-order valence-electron chi connectivity index (χ2n) is 6.14. The summed E-state index contributed by atoms with van der Waals surface area (Å²) < 4.78 is 69.2. The minimum absolute atomic E-state index is 0.0138. The lowest BCUT2D eigenvalue weighted by Gasteiger charge is -2.09. The van der Waals surface area contributed by atoms with Crippen molar-refractivity contribution in [2.24, 2.45) is 7.05 Å². The van der Waals surface area contributed by atoms with E-state index in [-0.39, 0.29) is 16.4 Å². The average molecular weight is 422 g/mol. The monoisotopic (exact) mass is 422 g/mol. The summed E-state index contributed by atoms with van der Waals surface area (Å²) in [5, 5.41) is 8.61. The molecule has 0 unspecified atom stereocenters. The van der Waals surface area contributed by atoms with Gasteiger partial charge in [-0.2, -0.15) is 23.4 Å². The van der Waals surface area contributed by atoms with Crippen LogP contribution in [0, 0.1) is 0 Å². The van der Waals surface area contributed by atoms with Gasteiger partial charge in [0.15, 0.2) is 5.82 Å². The molecule has 3 aromatic heterocycles. The molecule has 0 aliphatic carbocycles. The highest BCUT2D eigenvalue weighted by Gasteiger charge is 2.31. The van der Waals surface area contributed by atoms with Gasteiger partial charge in [0, 0.05) is 18.6 Å². The lowest BCUT2D eigenvalue weighted by Crippen LogP contribution is -2.14. The molecule has 0 bridgehead atoms. The normalized spacial score (nSPS) is 12.4. The van der Waals surface area contributed by atoms with Gasteiger partial charge in [-0.15, -0.1) is 0 Å². The van der Waals surface area contributed by atoms with Crippen LogP contribution in [0.2, 0.25) is 0 Å². The van der Waals surface area contributed by atoms with Gasteiger partial charge in [0.25, 0.3) is 10.0 Å². The van der Waals surface area contributed by atoms with Crippen molar-refractivity contribution >= 4 is 26.6 Å². The van der Waals surface area contributed by atoms with Gasteiger partial charge < -0.3 is 0 Å². The number of hydrogen-bond donors (Lipinski definition) is 1. The minimum Gasteiger partial charge on any atom is -0.276 e. The van der Waals surface area contributed by atoms with Gasteiger partial charge in [0.1, 0.15) is 4.90 Å². The molecule has 1 N–H and O–H groups in total. The molecular weight excluding hydrogens is 409 g/mol. The molecule has 0 spiro atoms. The number of fused-ring (bicyclic) bond motifs is 1. The minimum atomic E-state index is -4.53. The van der Waals surface area contributed by atoms with Gasteiger partial charge >= 0.3 is 6.18 Å². The molecular formula is C17H13F3N6O2S. The first-order valence-corrected chi connectivity index (χ1v) is 9.65. The van der Waals surface area contributed by atoms with Crippen molar-refractivity contribution in [2.75, 3.05) is 4.72 Å². The first kappa shape index (κ1) is 18.9. The largest absolute Gasteiger partial charge is 0.416 e. The third-order valence-corrected chi connectivity index (χ3v) is 5.57. The third kappa shape index (κ3) is 3.53. The summed E-state index contributed by atoms with van der Waals surface area (Å²) in [7, 11) is -2.37. The number of para-hydroxylation sites is 1. The molecule has 4 aromatic rings. The summed E-state index contributed by atoms with van der Waals surface area (Å²) in [5.41, 5.74) is -0.390. The number of nitrogens with zero attached hydrogens (tertiary/aromatic N) is 5. The van der Waals surface area contributed by atoms with Crippen LogP contribution in [0.4, 0.5) is 18.9 Å². The molecule has 1 aromatic carbocycles. The van der Waals surface area contributed by atoms with Crippen LogP contribution in [0.1, 0.15) is 5.56 Å². The Balaban J connectivity index is 1.66. The smallest absolute Gasteiger partial charge is 0.276 e. The molecule has 4 rings (SSSR count). The summed E-state index contributed by atoms with van der Waals surface area (Å²) in [6.45, 7) is 0. The quantitative estimate of drug-likeness (QED) is 0.546. The van der Waals surface area contributed by atoms with Crippen LogP contribution in [0.5, 0.6) is 0 Å². The van der Waals surface area contributed by atoms with E-state index in [1.54, 1.807) is 25.4 Å². The van der Waals surface area contributed by atoms with Gasteiger partial charge in [-0.3, -0.25) is 9.40 Å². The number of alkyl halides is 3. The Bertz CT molecular complexity index is 1310. The van der Waals surface area contributed by atoms with Crippen LogP contribution >= 0.6 is 0 Å². The predicted octanol–water partition coefficient (Wildman–Crippen LogP) is 2.97. The lowest BCUT2D eigenvalue weighted by atomic mass is 10.2. The first-order valence-electron chi connectivity index (χ1n) is 8.17. The Hall–Kier alpha value is -3.41. The van der Waals surface area contributed by atoms with Crippen LogP contribution in [-0.2, 0) is 23.2 Å². The molecule has 0 radical (unpaired) electrons. The van der Waals surface area contributed by atoms with E-state index in [2.05, 4.69) is 19.9 Å². The number of anilines is 1. The van der Waals surface area contributed by atoms with E-state index >= 15 is 0 Å². The molecule has 3 heterocycles. The molecule has 12 heteroatoms. The topological polar surface area (TPSA) is 94.7 Å². The zero-order valence-electron chi connectivity index (χ0n) is 14.8. The van der Waals surface area contributed by atoms with E-state index < -0.39 is 21.8 Å². The van der Waals surface area contributed by atoms with Crippen LogP contribution < -0.4 is 4.72 Å². The fraction of sp³-hybridized carbons (Fsp3) is 0.118. The highest BCUT2D eigenvalue weighted by Crippen LogP contribution is 2.30. The number of nitrogens with one attached hydrogen (secondary N) is 1. The molecule has 29 heavy (non-hydrogen) atoms. The van der Waals surface area contributed by atoms with Crippen molar-refractivity contribution in [3.05, 3.63) is 60.7 Å². The van der Waals surface area contributed by atoms with Crippen molar-refractivity contribution < 1.29 is 21.6 Å². The molecule has 8 nitrogen and oxygen atoms in total. The van der Waals surface area contributed by atoms with Gasteiger partial charge in [-0.1, -0.05) is 12.1 Å². The van der Waals surface area contributed by atoms with Crippen LogP contribution in [0.25, 0.3) is 16.7 Å². The van der Waals surface area contributed by atoms with Gasteiger partial charge in [0.05, 0.1) is 35.4 Å². The Kier molecular flexibility index (Phi) is 4.30. The first-order chi connectivity index (χ1) is 13.6. The number of aromatic nitrogens is 5. The Labute approximate surface area is 162 Å². The number of rotatable bonds is 4. The molecule has 0 atom stereocenters. The fourth-order valence-corrected chi connectivity index (χ4v) is 4.13. The lowest BCUT2D eigenvalue weighted by molar-refractivity contribution is -0.137. The van der Waals surface area contributed by atoms with Crippen LogP contribution in [0.15, 0.2) is 60.0 Å². The van der Waals surface area contributed by atoms with Crippen LogP contribution in [-0.4, -0.2) is 33.0 Å². The SMILES string of the molecule is Cn1ncc2cccc(S(=O)(=O)Nc3cnn(-c4cc(C(F)(F)F)ccn4)c3)c21. The molecule has 0 fully saturated rings. The molecule has 0 amide bonds. The fourth-order valence-electron chi connectivity index (χ4n) is 2.84. The summed E-state index contributed by atoms with van der Waals surface area (Å²) in [5.74, 6) is -0.0981. The number of sulfonamides is 1. The molecule has 150 valence electrons. The highest BCUT2D eigenvalue weighted by molar-refractivity contribution is 7.93. The standard InChI is InChI=1S/C17H13F3N6O2S/c1-25-16-11(8-22-25)3-2-4-14(16)29(27,28)24-13-9-23-26(10-13)15-7-12(5-6-21-15)17(18,19)20/h2-10,24H,1H3. The van der Waals surface area contributed by atoms with Crippen molar-refractivity contribution in [2.45, 2.75) is 11.1 Å². The van der Waals surface area contributed by atoms with Gasteiger partial charge in [0.2, 0.25) is 0 Å². The zero-order valence-corrected chi connectivity index (χ0v) is 15.6. The summed E-state index contributed by atoms with van der Waals surface area (Å²) in [6, 6.07) is 6.42. The second kappa shape index (κ2) is 6.58. The maximum absolute atomic E-state index is 12.9. The Morgan fingerprint density at radius 1 is 1.10 bits per heavy atom.